The Balaban J connectivity index is 2.84. The maximum absolute atomic E-state index is 6.33. The summed E-state index contributed by atoms with van der Waals surface area (Å²) in [5, 5.41) is 0.217. The Hall–Kier alpha value is -0.843. The molecule has 0 radical (unpaired) electrons. The van der Waals surface area contributed by atoms with E-state index in [2.05, 4.69) is 84.0 Å². The lowest BCUT2D eigenvalue weighted by atomic mass is 9.92. The van der Waals surface area contributed by atoms with Crippen molar-refractivity contribution < 1.29 is 4.43 Å². The smallest absolute Gasteiger partial charge is 0.250 e. The lowest BCUT2D eigenvalue weighted by Crippen LogP contribution is -2.49. The van der Waals surface area contributed by atoms with Gasteiger partial charge in [0.15, 0.2) is 0 Å². The summed E-state index contributed by atoms with van der Waals surface area (Å²) in [7, 11) is 2.41. The van der Waals surface area contributed by atoms with Crippen LogP contribution in [0.3, 0.4) is 0 Å². The van der Waals surface area contributed by atoms with Gasteiger partial charge in [-0.3, -0.25) is 0 Å². The van der Waals surface area contributed by atoms with Gasteiger partial charge in [0.2, 0.25) is 8.32 Å². The van der Waals surface area contributed by atoms with Gasteiger partial charge in [-0.2, -0.15) is 0 Å². The van der Waals surface area contributed by atoms with Gasteiger partial charge in [-0.1, -0.05) is 32.9 Å². The molecule has 1 aromatic rings. The molecule has 126 valence electrons. The lowest BCUT2D eigenvalue weighted by Gasteiger charge is -2.37. The van der Waals surface area contributed by atoms with Crippen LogP contribution in [0.1, 0.15) is 33.3 Å². The highest BCUT2D eigenvalue weighted by molar-refractivity contribution is 6.74. The topological polar surface area (TPSA) is 38.5 Å². The third kappa shape index (κ3) is 4.57. The number of hydrogen-bond acceptors (Lipinski definition) is 3. The van der Waals surface area contributed by atoms with Crippen LogP contribution >= 0.6 is 0 Å². The molecule has 0 spiro atoms. The third-order valence-electron chi connectivity index (χ3n) is 5.21. The molecule has 0 aliphatic carbocycles. The molecule has 0 amide bonds. The molecule has 0 heterocycles. The molecule has 0 aliphatic rings. The van der Waals surface area contributed by atoms with E-state index in [1.165, 1.54) is 5.56 Å². The molecule has 1 aromatic carbocycles. The van der Waals surface area contributed by atoms with E-state index in [0.29, 0.717) is 6.54 Å². The van der Waals surface area contributed by atoms with E-state index < -0.39 is 8.32 Å². The second-order valence-electron chi connectivity index (χ2n) is 8.28. The number of benzene rings is 1. The van der Waals surface area contributed by atoms with Crippen molar-refractivity contribution in [2.45, 2.75) is 57.8 Å². The Bertz CT molecular complexity index is 451. The Labute approximate surface area is 138 Å². The summed E-state index contributed by atoms with van der Waals surface area (Å²) in [6.45, 7) is 14.2. The standard InChI is InChI=1S/C18H34N2OSi/c1-17(2,3)22(7,8)21-16-11-9-15(10-12-16)13-18(4,14-19)20(5)6/h9-12H,13-14,19H2,1-8H3/t18-/m0/s1. The van der Waals surface area contributed by atoms with Crippen LogP contribution in [-0.4, -0.2) is 39.4 Å². The molecule has 0 unspecified atom stereocenters. The molecule has 0 aliphatic heterocycles. The van der Waals surface area contributed by atoms with E-state index in [1.807, 2.05) is 0 Å². The Kier molecular flexibility index (Phi) is 5.87. The zero-order valence-electron chi connectivity index (χ0n) is 15.7. The molecule has 1 rings (SSSR count). The number of rotatable bonds is 6. The van der Waals surface area contributed by atoms with Crippen molar-refractivity contribution in [3.05, 3.63) is 29.8 Å². The van der Waals surface area contributed by atoms with Gasteiger partial charge in [0, 0.05) is 12.1 Å². The average Bonchev–Trinajstić information content (AvgIpc) is 2.39. The summed E-state index contributed by atoms with van der Waals surface area (Å²) in [4.78, 5) is 2.20. The number of nitrogens with zero attached hydrogens (tertiary/aromatic N) is 1. The molecule has 0 aromatic heterocycles. The Morgan fingerprint density at radius 3 is 1.91 bits per heavy atom. The van der Waals surface area contributed by atoms with Crippen LogP contribution in [0.2, 0.25) is 18.1 Å². The predicted molar refractivity (Wildman–Crippen MR) is 99.1 cm³/mol. The Morgan fingerprint density at radius 2 is 1.55 bits per heavy atom. The first-order valence-electron chi connectivity index (χ1n) is 8.07. The van der Waals surface area contributed by atoms with E-state index in [0.717, 1.165) is 12.2 Å². The van der Waals surface area contributed by atoms with E-state index in [-0.39, 0.29) is 10.6 Å². The first-order chi connectivity index (χ1) is 9.91. The van der Waals surface area contributed by atoms with Gasteiger partial charge in [0.1, 0.15) is 5.75 Å². The molecule has 0 saturated carbocycles. The molecular weight excluding hydrogens is 288 g/mol. The van der Waals surface area contributed by atoms with E-state index in [9.17, 15) is 0 Å². The van der Waals surface area contributed by atoms with Gasteiger partial charge < -0.3 is 15.1 Å². The van der Waals surface area contributed by atoms with Crippen molar-refractivity contribution in [2.75, 3.05) is 20.6 Å². The maximum atomic E-state index is 6.33. The summed E-state index contributed by atoms with van der Waals surface area (Å²) in [6.07, 6.45) is 0.941. The highest BCUT2D eigenvalue weighted by Gasteiger charge is 2.38. The number of likely N-dealkylation sites (N-methyl/N-ethyl adjacent to an activating group) is 1. The maximum Gasteiger partial charge on any atom is 0.250 e. The van der Waals surface area contributed by atoms with Gasteiger partial charge >= 0.3 is 0 Å². The molecule has 0 saturated heterocycles. The molecule has 0 fully saturated rings. The normalized spacial score (nSPS) is 15.7. The zero-order valence-corrected chi connectivity index (χ0v) is 16.7. The lowest BCUT2D eigenvalue weighted by molar-refractivity contribution is 0.181. The van der Waals surface area contributed by atoms with Crippen LogP contribution in [0.25, 0.3) is 0 Å². The fraction of sp³-hybridized carbons (Fsp3) is 0.667. The van der Waals surface area contributed by atoms with E-state index >= 15 is 0 Å². The third-order valence-corrected chi connectivity index (χ3v) is 9.57. The average molecular weight is 323 g/mol. The Morgan fingerprint density at radius 1 is 1.05 bits per heavy atom. The minimum atomic E-state index is -1.76. The van der Waals surface area contributed by atoms with Crippen LogP contribution in [0.5, 0.6) is 5.75 Å². The summed E-state index contributed by atoms with van der Waals surface area (Å²) in [5.74, 6) is 0.981. The van der Waals surface area contributed by atoms with Crippen molar-refractivity contribution in [3.63, 3.8) is 0 Å². The second kappa shape index (κ2) is 6.73. The summed E-state index contributed by atoms with van der Waals surface area (Å²) < 4.78 is 6.33. The zero-order chi connectivity index (χ0) is 17.2. The van der Waals surface area contributed by atoms with Crippen LogP contribution < -0.4 is 10.2 Å². The molecule has 3 nitrogen and oxygen atoms in total. The molecular formula is C18H34N2OSi. The second-order valence-corrected chi connectivity index (χ2v) is 13.0. The summed E-state index contributed by atoms with van der Waals surface area (Å²) in [6, 6.07) is 8.53. The van der Waals surface area contributed by atoms with E-state index in [4.69, 9.17) is 10.2 Å². The highest BCUT2D eigenvalue weighted by atomic mass is 28.4. The quantitative estimate of drug-likeness (QED) is 0.808. The molecule has 0 bridgehead atoms. The van der Waals surface area contributed by atoms with Crippen molar-refractivity contribution in [1.29, 1.82) is 0 Å². The fourth-order valence-corrected chi connectivity index (χ4v) is 3.01. The molecule has 1 atom stereocenters. The van der Waals surface area contributed by atoms with Gasteiger partial charge in [0.05, 0.1) is 0 Å². The summed E-state index contributed by atoms with van der Waals surface area (Å²) in [5.41, 5.74) is 7.24. The monoisotopic (exact) mass is 322 g/mol. The number of hydrogen-bond donors (Lipinski definition) is 1. The van der Waals surface area contributed by atoms with Gasteiger partial charge in [-0.25, -0.2) is 0 Å². The van der Waals surface area contributed by atoms with Crippen molar-refractivity contribution in [1.82, 2.24) is 4.90 Å². The molecule has 4 heteroatoms. The van der Waals surface area contributed by atoms with Crippen LogP contribution in [-0.2, 0) is 6.42 Å². The van der Waals surface area contributed by atoms with E-state index in [1.54, 1.807) is 0 Å². The van der Waals surface area contributed by atoms with Crippen molar-refractivity contribution in [3.8, 4) is 5.75 Å². The van der Waals surface area contributed by atoms with Crippen LogP contribution in [0.4, 0.5) is 0 Å². The minimum Gasteiger partial charge on any atom is -0.544 e. The van der Waals surface area contributed by atoms with Crippen molar-refractivity contribution >= 4 is 8.32 Å². The van der Waals surface area contributed by atoms with Crippen LogP contribution in [0, 0.1) is 0 Å². The number of nitrogens with two attached hydrogens (primary N) is 1. The predicted octanol–water partition coefficient (Wildman–Crippen LogP) is 3.89. The van der Waals surface area contributed by atoms with Crippen molar-refractivity contribution in [2.24, 2.45) is 5.73 Å². The molecule has 2 N–H and O–H groups in total. The summed E-state index contributed by atoms with van der Waals surface area (Å²) >= 11 is 0. The van der Waals surface area contributed by atoms with Gasteiger partial charge in [0.25, 0.3) is 0 Å². The fourth-order valence-electron chi connectivity index (χ4n) is 1.98. The largest absolute Gasteiger partial charge is 0.544 e. The van der Waals surface area contributed by atoms with Crippen LogP contribution in [0.15, 0.2) is 24.3 Å². The highest BCUT2D eigenvalue weighted by Crippen LogP contribution is 2.37. The molecule has 22 heavy (non-hydrogen) atoms. The van der Waals surface area contributed by atoms with Gasteiger partial charge in [-0.15, -0.1) is 0 Å². The first-order valence-corrected chi connectivity index (χ1v) is 11.0. The SMILES string of the molecule is CN(C)[C@](C)(CN)Cc1ccc(O[Si](C)(C)C(C)(C)C)cc1. The minimum absolute atomic E-state index is 0.0121. The van der Waals surface area contributed by atoms with Gasteiger partial charge in [-0.05, 0) is 63.3 Å². The first kappa shape index (κ1) is 19.2.